The maximum atomic E-state index is 12.5. The minimum atomic E-state index is -0.193. The lowest BCUT2D eigenvalue weighted by molar-refractivity contribution is -0.144. The van der Waals surface area contributed by atoms with Gasteiger partial charge in [-0.2, -0.15) is 0 Å². The predicted molar refractivity (Wildman–Crippen MR) is 103 cm³/mol. The first-order valence-electron chi connectivity index (χ1n) is 8.44. The van der Waals surface area contributed by atoms with Crippen LogP contribution >= 0.6 is 23.4 Å². The molecule has 132 valence electrons. The van der Waals surface area contributed by atoms with Gasteiger partial charge in [-0.05, 0) is 41.3 Å². The first kappa shape index (κ1) is 17.3. The Morgan fingerprint density at radius 3 is 2.92 bits per heavy atom. The van der Waals surface area contributed by atoms with Crippen molar-refractivity contribution >= 4 is 40.8 Å². The summed E-state index contributed by atoms with van der Waals surface area (Å²) in [5, 5.41) is 0.696. The molecule has 0 bridgehead atoms. The van der Waals surface area contributed by atoms with Crippen molar-refractivity contribution in [3.8, 4) is 0 Å². The van der Waals surface area contributed by atoms with E-state index in [2.05, 4.69) is 11.1 Å². The summed E-state index contributed by atoms with van der Waals surface area (Å²) >= 11 is 7.94. The number of halogens is 1. The quantitative estimate of drug-likeness (QED) is 0.679. The number of rotatable bonds is 0. The first-order valence-corrected chi connectivity index (χ1v) is 9.81. The minimum absolute atomic E-state index is 0.142. The summed E-state index contributed by atoms with van der Waals surface area (Å²) in [5.74, 6) is 0.471. The van der Waals surface area contributed by atoms with Gasteiger partial charge in [0.2, 0.25) is 11.8 Å². The van der Waals surface area contributed by atoms with E-state index in [1.807, 2.05) is 24.3 Å². The first-order chi connectivity index (χ1) is 12.5. The average Bonchev–Trinajstić information content (AvgIpc) is 2.78. The van der Waals surface area contributed by atoms with Crippen molar-refractivity contribution in [3.63, 3.8) is 0 Å². The number of amides is 2. The van der Waals surface area contributed by atoms with E-state index in [1.165, 1.54) is 11.8 Å². The van der Waals surface area contributed by atoms with Gasteiger partial charge in [0.25, 0.3) is 0 Å². The molecule has 2 aliphatic heterocycles. The van der Waals surface area contributed by atoms with Crippen LogP contribution in [0.1, 0.15) is 36.6 Å². The van der Waals surface area contributed by atoms with Crippen LogP contribution in [0.5, 0.6) is 0 Å². The van der Waals surface area contributed by atoms with E-state index in [1.54, 1.807) is 18.0 Å². The summed E-state index contributed by atoms with van der Waals surface area (Å²) < 4.78 is 0. The maximum absolute atomic E-state index is 12.5. The van der Waals surface area contributed by atoms with E-state index in [4.69, 9.17) is 11.6 Å². The summed E-state index contributed by atoms with van der Waals surface area (Å²) in [5.41, 5.74) is 5.21. The number of benzene rings is 1. The molecule has 0 unspecified atom stereocenters. The Morgan fingerprint density at radius 2 is 2.15 bits per heavy atom. The highest BCUT2D eigenvalue weighted by atomic mass is 35.5. The number of aromatic nitrogens is 1. The number of imide groups is 1. The highest BCUT2D eigenvalue weighted by molar-refractivity contribution is 7.98. The largest absolute Gasteiger partial charge is 0.282 e. The zero-order valence-corrected chi connectivity index (χ0v) is 15.9. The zero-order valence-electron chi connectivity index (χ0n) is 14.3. The molecule has 1 aromatic carbocycles. The van der Waals surface area contributed by atoms with E-state index >= 15 is 0 Å². The number of likely N-dealkylation sites (tertiary alicyclic amines) is 1. The molecule has 0 N–H and O–H groups in total. The van der Waals surface area contributed by atoms with Crippen LogP contribution in [0.25, 0.3) is 5.57 Å². The van der Waals surface area contributed by atoms with Gasteiger partial charge >= 0.3 is 0 Å². The number of carbonyl (C=O) groups is 2. The Kier molecular flexibility index (Phi) is 4.59. The van der Waals surface area contributed by atoms with E-state index in [0.717, 1.165) is 38.6 Å². The highest BCUT2D eigenvalue weighted by Gasteiger charge is 2.29. The molecule has 1 aromatic heterocycles. The Morgan fingerprint density at radius 1 is 1.31 bits per heavy atom. The van der Waals surface area contributed by atoms with Gasteiger partial charge in [0.1, 0.15) is 0 Å². The van der Waals surface area contributed by atoms with Crippen LogP contribution in [0.3, 0.4) is 0 Å². The molecular weight excluding hydrogens is 368 g/mol. The normalized spacial score (nSPS) is 19.6. The second-order valence-electron chi connectivity index (χ2n) is 6.41. The molecule has 0 atom stereocenters. The standard InChI is InChI=1S/C20H17ClN2O2S/c1-12(24)23-8-6-13(9-18(23)25)19-16-5-4-15(21)10-17(16)26-11-14-3-2-7-22-20(14)19/h2-5,7,10H,6,8-9,11H2,1H3. The van der Waals surface area contributed by atoms with Crippen molar-refractivity contribution in [2.75, 3.05) is 6.54 Å². The topological polar surface area (TPSA) is 50.3 Å². The van der Waals surface area contributed by atoms with Crippen LogP contribution in [-0.4, -0.2) is 28.2 Å². The summed E-state index contributed by atoms with van der Waals surface area (Å²) in [4.78, 5) is 31.2. The van der Waals surface area contributed by atoms with Crippen molar-refractivity contribution < 1.29 is 9.59 Å². The fourth-order valence-electron chi connectivity index (χ4n) is 3.53. The van der Waals surface area contributed by atoms with Crippen LogP contribution in [0.4, 0.5) is 0 Å². The van der Waals surface area contributed by atoms with Crippen LogP contribution < -0.4 is 0 Å². The Hall–Kier alpha value is -2.11. The van der Waals surface area contributed by atoms with Crippen molar-refractivity contribution in [2.45, 2.75) is 30.4 Å². The van der Waals surface area contributed by atoms with Gasteiger partial charge in [-0.15, -0.1) is 11.8 Å². The fourth-order valence-corrected chi connectivity index (χ4v) is 4.84. The second-order valence-corrected chi connectivity index (χ2v) is 7.86. The van der Waals surface area contributed by atoms with Gasteiger partial charge in [-0.1, -0.05) is 23.7 Å². The summed E-state index contributed by atoms with van der Waals surface area (Å²) in [6.45, 7) is 1.86. The molecular formula is C20H17ClN2O2S. The molecule has 2 amide bonds. The van der Waals surface area contributed by atoms with Crippen molar-refractivity contribution in [3.05, 3.63) is 63.9 Å². The maximum Gasteiger partial charge on any atom is 0.233 e. The summed E-state index contributed by atoms with van der Waals surface area (Å²) in [6, 6.07) is 9.88. The van der Waals surface area contributed by atoms with Gasteiger partial charge in [-0.25, -0.2) is 0 Å². The molecule has 0 saturated carbocycles. The van der Waals surface area contributed by atoms with E-state index in [9.17, 15) is 9.59 Å². The lowest BCUT2D eigenvalue weighted by Crippen LogP contribution is -2.39. The third kappa shape index (κ3) is 3.06. The second kappa shape index (κ2) is 6.89. The van der Waals surface area contributed by atoms with Gasteiger partial charge in [-0.3, -0.25) is 19.5 Å². The molecule has 3 heterocycles. The molecule has 0 radical (unpaired) electrons. The van der Waals surface area contributed by atoms with E-state index in [-0.39, 0.29) is 18.2 Å². The van der Waals surface area contributed by atoms with Gasteiger partial charge in [0.05, 0.1) is 5.69 Å². The van der Waals surface area contributed by atoms with Crippen molar-refractivity contribution in [1.82, 2.24) is 9.88 Å². The molecule has 0 spiro atoms. The SMILES string of the molecule is CC(=O)N1CCC(=C2c3ccc(Cl)cc3SCc3cccnc32)CC1=O. The number of thioether (sulfide) groups is 1. The molecule has 6 heteroatoms. The van der Waals surface area contributed by atoms with Crippen molar-refractivity contribution in [2.24, 2.45) is 0 Å². The summed E-state index contributed by atoms with van der Waals surface area (Å²) in [6.07, 6.45) is 2.71. The van der Waals surface area contributed by atoms with Gasteiger partial charge in [0, 0.05) is 47.3 Å². The number of nitrogens with zero attached hydrogens (tertiary/aromatic N) is 2. The smallest absolute Gasteiger partial charge is 0.233 e. The average molecular weight is 385 g/mol. The highest BCUT2D eigenvalue weighted by Crippen LogP contribution is 2.43. The Bertz CT molecular complexity index is 955. The van der Waals surface area contributed by atoms with Crippen molar-refractivity contribution in [1.29, 1.82) is 0 Å². The lowest BCUT2D eigenvalue weighted by atomic mass is 9.89. The number of piperidine rings is 1. The number of hydrogen-bond acceptors (Lipinski definition) is 4. The van der Waals surface area contributed by atoms with Gasteiger partial charge in [0.15, 0.2) is 0 Å². The van der Waals surface area contributed by atoms with E-state index in [0.29, 0.717) is 18.0 Å². The number of carbonyl (C=O) groups excluding carboxylic acids is 2. The zero-order chi connectivity index (χ0) is 18.3. The Balaban J connectivity index is 1.90. The molecule has 0 aliphatic carbocycles. The number of fused-ring (bicyclic) bond motifs is 2. The molecule has 4 nitrogen and oxygen atoms in total. The third-order valence-electron chi connectivity index (χ3n) is 4.76. The molecule has 26 heavy (non-hydrogen) atoms. The fraction of sp³-hybridized carbons (Fsp3) is 0.250. The molecule has 1 fully saturated rings. The minimum Gasteiger partial charge on any atom is -0.282 e. The molecule has 1 saturated heterocycles. The lowest BCUT2D eigenvalue weighted by Gasteiger charge is -2.27. The van der Waals surface area contributed by atoms with Crippen LogP contribution in [-0.2, 0) is 15.3 Å². The predicted octanol–water partition coefficient (Wildman–Crippen LogP) is 4.31. The van der Waals surface area contributed by atoms with Crippen LogP contribution in [0.2, 0.25) is 5.02 Å². The Labute approximate surface area is 161 Å². The number of pyridine rings is 1. The van der Waals surface area contributed by atoms with Crippen LogP contribution in [0, 0.1) is 0 Å². The van der Waals surface area contributed by atoms with Crippen LogP contribution in [0.15, 0.2) is 47.0 Å². The third-order valence-corrected chi connectivity index (χ3v) is 6.10. The molecule has 4 rings (SSSR count). The van der Waals surface area contributed by atoms with Gasteiger partial charge < -0.3 is 0 Å². The monoisotopic (exact) mass is 384 g/mol. The summed E-state index contributed by atoms with van der Waals surface area (Å²) in [7, 11) is 0. The van der Waals surface area contributed by atoms with E-state index < -0.39 is 0 Å². The number of hydrogen-bond donors (Lipinski definition) is 0. The molecule has 2 aromatic rings. The molecule has 2 aliphatic rings.